The highest BCUT2D eigenvalue weighted by atomic mass is 32.2. The van der Waals surface area contributed by atoms with Crippen molar-refractivity contribution in [3.05, 3.63) is 0 Å². The Morgan fingerprint density at radius 2 is 1.89 bits per heavy atom. The zero-order valence-corrected chi connectivity index (χ0v) is 11.0. The van der Waals surface area contributed by atoms with Crippen molar-refractivity contribution in [3.63, 3.8) is 0 Å². The minimum absolute atomic E-state index is 0.0949. The Balaban J connectivity index is 4.24. The van der Waals surface area contributed by atoms with Crippen molar-refractivity contribution < 1.29 is 28.2 Å². The molecule has 0 aromatic carbocycles. The number of aliphatic carboxylic acids is 1. The molecule has 106 valence electrons. The van der Waals surface area contributed by atoms with E-state index in [1.165, 1.54) is 6.92 Å². The van der Waals surface area contributed by atoms with E-state index in [4.69, 9.17) is 10.2 Å². The van der Waals surface area contributed by atoms with E-state index in [0.717, 1.165) is 0 Å². The number of rotatable bonds is 8. The summed E-state index contributed by atoms with van der Waals surface area (Å²) in [5.74, 6) is -2.26. The number of hydrogen-bond acceptors (Lipinski definition) is 5. The molecule has 9 heteroatoms. The number of carbonyl (C=O) groups excluding carboxylic acids is 1. The Bertz CT molecular complexity index is 394. The largest absolute Gasteiger partial charge is 0.479 e. The third-order valence-electron chi connectivity index (χ3n) is 1.98. The van der Waals surface area contributed by atoms with Gasteiger partial charge in [-0.1, -0.05) is 6.92 Å². The van der Waals surface area contributed by atoms with E-state index in [1.807, 2.05) is 0 Å². The summed E-state index contributed by atoms with van der Waals surface area (Å²) in [4.78, 5) is 21.7. The highest BCUT2D eigenvalue weighted by Crippen LogP contribution is 1.93. The third-order valence-corrected chi connectivity index (χ3v) is 3.64. The van der Waals surface area contributed by atoms with Crippen LogP contribution in [-0.2, 0) is 19.6 Å². The van der Waals surface area contributed by atoms with Crippen LogP contribution in [0.25, 0.3) is 0 Å². The van der Waals surface area contributed by atoms with Crippen molar-refractivity contribution >= 4 is 21.9 Å². The van der Waals surface area contributed by atoms with Crippen LogP contribution in [0.5, 0.6) is 0 Å². The monoisotopic (exact) mass is 282 g/mol. The Hall–Kier alpha value is -1.19. The van der Waals surface area contributed by atoms with E-state index in [1.54, 1.807) is 6.92 Å². The van der Waals surface area contributed by atoms with Crippen molar-refractivity contribution in [1.29, 1.82) is 0 Å². The molecule has 0 heterocycles. The number of sulfonamides is 1. The molecule has 0 spiro atoms. The lowest BCUT2D eigenvalue weighted by atomic mass is 10.3. The van der Waals surface area contributed by atoms with Crippen molar-refractivity contribution in [2.45, 2.75) is 32.4 Å². The lowest BCUT2D eigenvalue weighted by Gasteiger charge is -2.14. The fourth-order valence-electron chi connectivity index (χ4n) is 1.09. The van der Waals surface area contributed by atoms with Crippen LogP contribution in [0, 0.1) is 0 Å². The maximum Gasteiger partial charge on any atom is 0.334 e. The minimum atomic E-state index is -3.52. The normalized spacial score (nSPS) is 14.8. The van der Waals surface area contributed by atoms with Gasteiger partial charge in [0.15, 0.2) is 6.10 Å². The van der Waals surface area contributed by atoms with Crippen molar-refractivity contribution in [3.8, 4) is 0 Å². The number of amides is 1. The number of nitrogens with one attached hydrogen (secondary N) is 2. The van der Waals surface area contributed by atoms with E-state index in [9.17, 15) is 18.0 Å². The Morgan fingerprint density at radius 1 is 1.33 bits per heavy atom. The van der Waals surface area contributed by atoms with E-state index in [0.29, 0.717) is 6.42 Å². The molecule has 0 aliphatic heterocycles. The smallest absolute Gasteiger partial charge is 0.334 e. The van der Waals surface area contributed by atoms with Crippen LogP contribution in [0.2, 0.25) is 0 Å². The van der Waals surface area contributed by atoms with Crippen LogP contribution < -0.4 is 10.0 Å². The molecule has 0 aliphatic rings. The molecule has 0 fully saturated rings. The number of carbonyl (C=O) groups is 2. The van der Waals surface area contributed by atoms with Gasteiger partial charge in [-0.3, -0.25) is 4.79 Å². The fourth-order valence-corrected chi connectivity index (χ4v) is 2.39. The van der Waals surface area contributed by atoms with Gasteiger partial charge in [0.05, 0.1) is 18.3 Å². The van der Waals surface area contributed by atoms with Crippen LogP contribution in [-0.4, -0.2) is 55.0 Å². The second kappa shape index (κ2) is 7.29. The summed E-state index contributed by atoms with van der Waals surface area (Å²) in [5, 5.41) is 19.4. The van der Waals surface area contributed by atoms with Gasteiger partial charge in [0.1, 0.15) is 0 Å². The maximum absolute atomic E-state index is 11.4. The molecule has 0 bridgehead atoms. The van der Waals surface area contributed by atoms with Gasteiger partial charge in [-0.05, 0) is 13.3 Å². The number of aliphatic hydroxyl groups is 1. The molecule has 0 aromatic rings. The lowest BCUT2D eigenvalue weighted by Crippen LogP contribution is -2.47. The number of carboxylic acid groups (broad SMARTS) is 1. The van der Waals surface area contributed by atoms with Gasteiger partial charge >= 0.3 is 5.97 Å². The summed E-state index contributed by atoms with van der Waals surface area (Å²) in [6, 6.07) is -1.03. The summed E-state index contributed by atoms with van der Waals surface area (Å²) in [6.45, 7) is 2.54. The van der Waals surface area contributed by atoms with Gasteiger partial charge in [-0.2, -0.15) is 0 Å². The van der Waals surface area contributed by atoms with E-state index < -0.39 is 40.6 Å². The molecule has 1 amide bonds. The van der Waals surface area contributed by atoms with E-state index >= 15 is 0 Å². The van der Waals surface area contributed by atoms with Crippen LogP contribution in [0.1, 0.15) is 20.3 Å². The highest BCUT2D eigenvalue weighted by molar-refractivity contribution is 7.89. The Labute approximate surface area is 105 Å². The summed E-state index contributed by atoms with van der Waals surface area (Å²) in [6.07, 6.45) is -1.30. The fraction of sp³-hybridized carbons (Fsp3) is 0.778. The number of carboxylic acids is 1. The molecular weight excluding hydrogens is 264 g/mol. The lowest BCUT2D eigenvalue weighted by molar-refractivity contribution is -0.146. The summed E-state index contributed by atoms with van der Waals surface area (Å²) in [5.41, 5.74) is 0. The first kappa shape index (κ1) is 16.8. The molecule has 1 unspecified atom stereocenters. The molecule has 0 aromatic heterocycles. The predicted molar refractivity (Wildman–Crippen MR) is 63.3 cm³/mol. The van der Waals surface area contributed by atoms with Crippen LogP contribution >= 0.6 is 0 Å². The second-order valence-corrected chi connectivity index (χ2v) is 5.63. The second-order valence-electron chi connectivity index (χ2n) is 3.76. The minimum Gasteiger partial charge on any atom is -0.479 e. The molecular formula is C9H18N2O6S. The molecule has 0 aliphatic carbocycles. The standard InChI is InChI=1S/C9H18N2O6S/c1-3-4-18(16,17)11-6(2)8(13)10-5-7(12)9(14)15/h6-7,11-12H,3-5H2,1-2H3,(H,10,13)(H,14,15)/t6?,7-/m0/s1. The molecule has 8 nitrogen and oxygen atoms in total. The molecule has 0 saturated carbocycles. The molecule has 0 saturated heterocycles. The number of hydrogen-bond donors (Lipinski definition) is 4. The van der Waals surface area contributed by atoms with Crippen molar-refractivity contribution in [2.75, 3.05) is 12.3 Å². The predicted octanol–water partition coefficient (Wildman–Crippen LogP) is -1.73. The summed E-state index contributed by atoms with van der Waals surface area (Å²) < 4.78 is 24.9. The average molecular weight is 282 g/mol. The quantitative estimate of drug-likeness (QED) is 0.418. The van der Waals surface area contributed by atoms with E-state index in [2.05, 4.69) is 10.0 Å². The van der Waals surface area contributed by atoms with Gasteiger partial charge in [0.2, 0.25) is 15.9 Å². The van der Waals surface area contributed by atoms with Crippen LogP contribution in [0.3, 0.4) is 0 Å². The molecule has 0 radical (unpaired) electrons. The third kappa shape index (κ3) is 6.52. The maximum atomic E-state index is 11.4. The zero-order chi connectivity index (χ0) is 14.3. The molecule has 0 rings (SSSR count). The van der Waals surface area contributed by atoms with Gasteiger partial charge in [-0.15, -0.1) is 0 Å². The summed E-state index contributed by atoms with van der Waals surface area (Å²) >= 11 is 0. The molecule has 18 heavy (non-hydrogen) atoms. The highest BCUT2D eigenvalue weighted by Gasteiger charge is 2.21. The Kier molecular flexibility index (Phi) is 6.81. The topological polar surface area (TPSA) is 133 Å². The first-order chi connectivity index (χ1) is 8.19. The van der Waals surface area contributed by atoms with Crippen LogP contribution in [0.4, 0.5) is 0 Å². The van der Waals surface area contributed by atoms with Crippen molar-refractivity contribution in [1.82, 2.24) is 10.0 Å². The summed E-state index contributed by atoms with van der Waals surface area (Å²) in [7, 11) is -3.52. The first-order valence-electron chi connectivity index (χ1n) is 5.38. The number of aliphatic hydroxyl groups excluding tert-OH is 1. The van der Waals surface area contributed by atoms with Crippen LogP contribution in [0.15, 0.2) is 0 Å². The van der Waals surface area contributed by atoms with Gasteiger partial charge < -0.3 is 15.5 Å². The van der Waals surface area contributed by atoms with E-state index in [-0.39, 0.29) is 5.75 Å². The Morgan fingerprint density at radius 3 is 2.33 bits per heavy atom. The first-order valence-corrected chi connectivity index (χ1v) is 7.03. The van der Waals surface area contributed by atoms with Gasteiger partial charge in [-0.25, -0.2) is 17.9 Å². The average Bonchev–Trinajstić information content (AvgIpc) is 2.24. The van der Waals surface area contributed by atoms with Gasteiger partial charge in [0, 0.05) is 0 Å². The van der Waals surface area contributed by atoms with Gasteiger partial charge in [0.25, 0.3) is 0 Å². The SMILES string of the molecule is CCCS(=O)(=O)NC(C)C(=O)NC[C@H](O)C(=O)O. The molecule has 4 N–H and O–H groups in total. The zero-order valence-electron chi connectivity index (χ0n) is 10.2. The van der Waals surface area contributed by atoms with Crippen molar-refractivity contribution in [2.24, 2.45) is 0 Å². The molecule has 2 atom stereocenters.